The number of rotatable bonds is 5. The number of likely N-dealkylation sites (tertiary alicyclic amines) is 1. The Labute approximate surface area is 213 Å². The monoisotopic (exact) mass is 513 g/mol. The van der Waals surface area contributed by atoms with E-state index in [1.54, 1.807) is 16.8 Å². The molecule has 0 radical (unpaired) electrons. The standard InChI is InChI=1S/C27H26Cl2FN3O2/c1-16-14-19(28)4-9-23(16)31-25-22(15-33(21-7-8-21)27(35)24(25)29)26(34)32-12-10-18(11-13-32)17-2-5-20(30)6-3-17/h2-6,9,14-15,18,21,31H,7-8,10-13H2,1H3. The summed E-state index contributed by atoms with van der Waals surface area (Å²) in [5, 5.41) is 3.85. The van der Waals surface area contributed by atoms with Crippen molar-refractivity contribution >= 4 is 40.5 Å². The molecule has 1 aromatic heterocycles. The average molecular weight is 514 g/mol. The van der Waals surface area contributed by atoms with E-state index in [-0.39, 0.29) is 34.3 Å². The number of nitrogens with one attached hydrogen (secondary N) is 1. The van der Waals surface area contributed by atoms with Crippen LogP contribution in [0.4, 0.5) is 15.8 Å². The lowest BCUT2D eigenvalue weighted by Gasteiger charge is -2.33. The number of piperidine rings is 1. The van der Waals surface area contributed by atoms with Crippen LogP contribution in [0.15, 0.2) is 53.5 Å². The third kappa shape index (κ3) is 4.95. The first kappa shape index (κ1) is 23.9. The number of benzene rings is 2. The van der Waals surface area contributed by atoms with Crippen LogP contribution in [0.2, 0.25) is 10.0 Å². The minimum Gasteiger partial charge on any atom is -0.353 e. The van der Waals surface area contributed by atoms with Gasteiger partial charge in [0.2, 0.25) is 0 Å². The molecule has 2 aromatic carbocycles. The molecule has 1 N–H and O–H groups in total. The number of aromatic nitrogens is 1. The number of hydrogen-bond donors (Lipinski definition) is 1. The molecule has 2 fully saturated rings. The molecule has 5 rings (SSSR count). The summed E-state index contributed by atoms with van der Waals surface area (Å²) in [6.07, 6.45) is 5.03. The van der Waals surface area contributed by atoms with Gasteiger partial charge in [0, 0.05) is 36.0 Å². The molecule has 0 unspecified atom stereocenters. The third-order valence-electron chi connectivity index (χ3n) is 6.92. The molecule has 1 aliphatic carbocycles. The Bertz CT molecular complexity index is 1330. The molecule has 182 valence electrons. The maximum absolute atomic E-state index is 13.7. The van der Waals surface area contributed by atoms with Gasteiger partial charge in [0.25, 0.3) is 11.5 Å². The topological polar surface area (TPSA) is 54.3 Å². The Hall–Kier alpha value is -2.83. The first-order valence-electron chi connectivity index (χ1n) is 11.8. The minimum absolute atomic E-state index is 0.0123. The van der Waals surface area contributed by atoms with Gasteiger partial charge in [-0.25, -0.2) is 4.39 Å². The van der Waals surface area contributed by atoms with Crippen LogP contribution in [-0.4, -0.2) is 28.5 Å². The van der Waals surface area contributed by atoms with E-state index in [2.05, 4.69) is 5.32 Å². The summed E-state index contributed by atoms with van der Waals surface area (Å²) in [6.45, 7) is 3.04. The number of aryl methyl sites for hydroxylation is 1. The zero-order chi connectivity index (χ0) is 24.7. The van der Waals surface area contributed by atoms with Crippen molar-refractivity contribution < 1.29 is 9.18 Å². The van der Waals surface area contributed by atoms with Crippen molar-refractivity contribution in [3.63, 3.8) is 0 Å². The quantitative estimate of drug-likeness (QED) is 0.412. The lowest BCUT2D eigenvalue weighted by atomic mass is 9.89. The van der Waals surface area contributed by atoms with Crippen LogP contribution in [0, 0.1) is 12.7 Å². The van der Waals surface area contributed by atoms with Crippen molar-refractivity contribution in [3.8, 4) is 0 Å². The molecule has 0 spiro atoms. The largest absolute Gasteiger partial charge is 0.353 e. The Morgan fingerprint density at radius 3 is 2.34 bits per heavy atom. The van der Waals surface area contributed by atoms with Crippen LogP contribution in [0.1, 0.15) is 59.1 Å². The van der Waals surface area contributed by atoms with Gasteiger partial charge in [0.15, 0.2) is 0 Å². The van der Waals surface area contributed by atoms with Crippen LogP contribution >= 0.6 is 23.2 Å². The smallest absolute Gasteiger partial charge is 0.271 e. The number of carbonyl (C=O) groups excluding carboxylic acids is 1. The van der Waals surface area contributed by atoms with Crippen LogP contribution in [0.5, 0.6) is 0 Å². The highest BCUT2D eigenvalue weighted by atomic mass is 35.5. The number of hydrogen-bond acceptors (Lipinski definition) is 3. The van der Waals surface area contributed by atoms with Crippen molar-refractivity contribution in [1.29, 1.82) is 0 Å². The van der Waals surface area contributed by atoms with Crippen LogP contribution in [0.3, 0.4) is 0 Å². The number of anilines is 2. The molecule has 0 bridgehead atoms. The van der Waals surface area contributed by atoms with Gasteiger partial charge in [-0.1, -0.05) is 35.3 Å². The second-order valence-electron chi connectivity index (χ2n) is 9.38. The van der Waals surface area contributed by atoms with Crippen molar-refractivity contribution in [2.75, 3.05) is 18.4 Å². The second kappa shape index (κ2) is 9.67. The molecular weight excluding hydrogens is 488 g/mol. The van der Waals surface area contributed by atoms with E-state index in [4.69, 9.17) is 23.2 Å². The first-order chi connectivity index (χ1) is 16.8. The van der Waals surface area contributed by atoms with E-state index >= 15 is 0 Å². The molecule has 35 heavy (non-hydrogen) atoms. The third-order valence-corrected chi connectivity index (χ3v) is 7.51. The van der Waals surface area contributed by atoms with Crippen molar-refractivity contribution in [2.45, 2.75) is 44.6 Å². The molecule has 8 heteroatoms. The average Bonchev–Trinajstić information content (AvgIpc) is 3.69. The predicted octanol–water partition coefficient (Wildman–Crippen LogP) is 6.70. The van der Waals surface area contributed by atoms with Crippen LogP contribution in [-0.2, 0) is 0 Å². The fourth-order valence-electron chi connectivity index (χ4n) is 4.73. The van der Waals surface area contributed by atoms with Crippen molar-refractivity contribution in [1.82, 2.24) is 9.47 Å². The summed E-state index contributed by atoms with van der Waals surface area (Å²) in [5.41, 5.74) is 3.10. The highest BCUT2D eigenvalue weighted by Crippen LogP contribution is 2.37. The summed E-state index contributed by atoms with van der Waals surface area (Å²) in [4.78, 5) is 28.5. The molecule has 1 saturated carbocycles. The van der Waals surface area contributed by atoms with Gasteiger partial charge in [-0.2, -0.15) is 0 Å². The molecule has 2 heterocycles. The molecule has 2 aliphatic rings. The van der Waals surface area contributed by atoms with Crippen molar-refractivity contribution in [2.24, 2.45) is 0 Å². The van der Waals surface area contributed by atoms with Gasteiger partial charge in [-0.3, -0.25) is 9.59 Å². The Morgan fingerprint density at radius 1 is 1.03 bits per heavy atom. The molecule has 5 nitrogen and oxygen atoms in total. The predicted molar refractivity (Wildman–Crippen MR) is 138 cm³/mol. The van der Waals surface area contributed by atoms with Gasteiger partial charge in [-0.05, 0) is 80.0 Å². The molecule has 1 aliphatic heterocycles. The van der Waals surface area contributed by atoms with E-state index in [0.29, 0.717) is 29.4 Å². The van der Waals surface area contributed by atoms with Gasteiger partial charge in [-0.15, -0.1) is 0 Å². The summed E-state index contributed by atoms with van der Waals surface area (Å²) < 4.78 is 14.9. The van der Waals surface area contributed by atoms with E-state index in [1.165, 1.54) is 12.1 Å². The molecular formula is C27H26Cl2FN3O2. The van der Waals surface area contributed by atoms with Gasteiger partial charge < -0.3 is 14.8 Å². The zero-order valence-corrected chi connectivity index (χ0v) is 20.9. The number of carbonyl (C=O) groups is 1. The maximum atomic E-state index is 13.7. The van der Waals surface area contributed by atoms with Crippen LogP contribution < -0.4 is 10.9 Å². The van der Waals surface area contributed by atoms with E-state index in [0.717, 1.165) is 42.5 Å². The minimum atomic E-state index is -0.296. The lowest BCUT2D eigenvalue weighted by Crippen LogP contribution is -2.39. The first-order valence-corrected chi connectivity index (χ1v) is 12.6. The Kier molecular flexibility index (Phi) is 6.60. The highest BCUT2D eigenvalue weighted by Gasteiger charge is 2.31. The summed E-state index contributed by atoms with van der Waals surface area (Å²) in [7, 11) is 0. The van der Waals surface area contributed by atoms with Gasteiger partial charge >= 0.3 is 0 Å². The SMILES string of the molecule is Cc1cc(Cl)ccc1Nc1c(C(=O)N2CCC(c3ccc(F)cc3)CC2)cn(C2CC2)c(=O)c1Cl. The van der Waals surface area contributed by atoms with Gasteiger partial charge in [0.1, 0.15) is 10.8 Å². The van der Waals surface area contributed by atoms with E-state index in [9.17, 15) is 14.0 Å². The summed E-state index contributed by atoms with van der Waals surface area (Å²) >= 11 is 12.7. The van der Waals surface area contributed by atoms with Crippen molar-refractivity contribution in [3.05, 3.63) is 91.6 Å². The Balaban J connectivity index is 1.44. The highest BCUT2D eigenvalue weighted by molar-refractivity contribution is 6.34. The van der Waals surface area contributed by atoms with E-state index < -0.39 is 0 Å². The van der Waals surface area contributed by atoms with Crippen LogP contribution in [0.25, 0.3) is 0 Å². The Morgan fingerprint density at radius 2 is 1.71 bits per heavy atom. The fourth-order valence-corrected chi connectivity index (χ4v) is 5.21. The number of amides is 1. The van der Waals surface area contributed by atoms with E-state index in [1.807, 2.05) is 36.1 Å². The summed E-state index contributed by atoms with van der Waals surface area (Å²) in [6, 6.07) is 12.0. The summed E-state index contributed by atoms with van der Waals surface area (Å²) in [5.74, 6) is -0.133. The molecule has 1 saturated heterocycles. The lowest BCUT2D eigenvalue weighted by molar-refractivity contribution is 0.0713. The number of halogens is 3. The molecule has 1 amide bonds. The van der Waals surface area contributed by atoms with Gasteiger partial charge in [0.05, 0.1) is 11.3 Å². The molecule has 0 atom stereocenters. The molecule has 3 aromatic rings. The number of pyridine rings is 1. The second-order valence-corrected chi connectivity index (χ2v) is 10.2. The normalized spacial score (nSPS) is 16.4. The maximum Gasteiger partial charge on any atom is 0.271 e. The fraction of sp³-hybridized carbons (Fsp3) is 0.333. The zero-order valence-electron chi connectivity index (χ0n) is 19.4. The number of nitrogens with zero attached hydrogens (tertiary/aromatic N) is 2.